The van der Waals surface area contributed by atoms with Crippen LogP contribution in [-0.2, 0) is 6.42 Å². The lowest BCUT2D eigenvalue weighted by atomic mass is 10.1. The minimum absolute atomic E-state index is 0.168. The molecule has 2 rings (SSSR count). The van der Waals surface area contributed by atoms with Crippen LogP contribution in [0.3, 0.4) is 0 Å². The lowest BCUT2D eigenvalue weighted by Crippen LogP contribution is -2.33. The summed E-state index contributed by atoms with van der Waals surface area (Å²) in [6.45, 7) is 0.576. The first-order valence-electron chi connectivity index (χ1n) is 6.20. The maximum absolute atomic E-state index is 11.4. The van der Waals surface area contributed by atoms with Crippen LogP contribution in [-0.4, -0.2) is 12.6 Å². The molecule has 0 spiro atoms. The second-order valence-corrected chi connectivity index (χ2v) is 4.85. The van der Waals surface area contributed by atoms with Crippen LogP contribution in [0.1, 0.15) is 18.4 Å². The fourth-order valence-corrected chi connectivity index (χ4v) is 1.84. The molecule has 0 atom stereocenters. The lowest BCUT2D eigenvalue weighted by molar-refractivity contribution is 0.244. The predicted molar refractivity (Wildman–Crippen MR) is 73.6 cm³/mol. The van der Waals surface area contributed by atoms with Crippen molar-refractivity contribution in [3.8, 4) is 0 Å². The molecule has 0 unspecified atom stereocenters. The molecule has 0 radical (unpaired) electrons. The number of hydrogen-bond acceptors (Lipinski definition) is 1. The summed E-state index contributed by atoms with van der Waals surface area (Å²) in [5.74, 6) is 0.674. The Kier molecular flexibility index (Phi) is 4.65. The van der Waals surface area contributed by atoms with E-state index < -0.39 is 0 Å². The summed E-state index contributed by atoms with van der Waals surface area (Å²) < 4.78 is 0. The first-order valence-corrected chi connectivity index (χ1v) is 6.58. The van der Waals surface area contributed by atoms with Crippen LogP contribution in [0.2, 0.25) is 5.02 Å². The normalized spacial score (nSPS) is 14.7. The van der Waals surface area contributed by atoms with Gasteiger partial charge in [0.05, 0.1) is 0 Å². The van der Waals surface area contributed by atoms with Gasteiger partial charge in [0.2, 0.25) is 0 Å². The van der Waals surface area contributed by atoms with Crippen LogP contribution in [0.15, 0.2) is 36.5 Å². The van der Waals surface area contributed by atoms with Gasteiger partial charge in [0.25, 0.3) is 0 Å². The Morgan fingerprint density at radius 3 is 2.89 bits per heavy atom. The number of urea groups is 1. The third kappa shape index (κ3) is 4.41. The molecule has 2 amide bonds. The molecule has 96 valence electrons. The summed E-state index contributed by atoms with van der Waals surface area (Å²) in [4.78, 5) is 11.4. The Morgan fingerprint density at radius 2 is 2.17 bits per heavy atom. The molecular weight excluding hydrogens is 248 g/mol. The van der Waals surface area contributed by atoms with Gasteiger partial charge in [-0.15, -0.1) is 0 Å². The van der Waals surface area contributed by atoms with E-state index >= 15 is 0 Å². The standard InChI is InChI=1S/C14H17ClN2O/c15-13-4-2-1-3-12(13)8-10-17-14(18)16-9-7-11-5-6-11/h1-4,7,9,11H,5-6,8,10H2,(H2,16,17,18)/b9-7+. The summed E-state index contributed by atoms with van der Waals surface area (Å²) in [6.07, 6.45) is 6.98. The van der Waals surface area contributed by atoms with Gasteiger partial charge in [-0.1, -0.05) is 35.9 Å². The van der Waals surface area contributed by atoms with Crippen molar-refractivity contribution in [2.75, 3.05) is 6.54 Å². The molecule has 0 aliphatic heterocycles. The van der Waals surface area contributed by atoms with Crippen molar-refractivity contribution in [3.63, 3.8) is 0 Å². The predicted octanol–water partition coefficient (Wildman–Crippen LogP) is 3.11. The number of carbonyl (C=O) groups is 1. The van der Waals surface area contributed by atoms with E-state index in [1.807, 2.05) is 30.3 Å². The monoisotopic (exact) mass is 264 g/mol. The third-order valence-corrected chi connectivity index (χ3v) is 3.21. The van der Waals surface area contributed by atoms with Gasteiger partial charge in [0, 0.05) is 17.8 Å². The Labute approximate surface area is 112 Å². The van der Waals surface area contributed by atoms with E-state index in [1.54, 1.807) is 6.20 Å². The Hall–Kier alpha value is -1.48. The number of halogens is 1. The lowest BCUT2D eigenvalue weighted by Gasteiger charge is -2.06. The van der Waals surface area contributed by atoms with E-state index in [-0.39, 0.29) is 6.03 Å². The molecule has 1 saturated carbocycles. The molecule has 0 aromatic heterocycles. The highest BCUT2D eigenvalue weighted by molar-refractivity contribution is 6.31. The van der Waals surface area contributed by atoms with E-state index in [0.717, 1.165) is 17.0 Å². The van der Waals surface area contributed by atoms with Crippen molar-refractivity contribution in [2.24, 2.45) is 5.92 Å². The zero-order valence-corrected chi connectivity index (χ0v) is 10.9. The molecule has 1 aliphatic rings. The number of nitrogens with one attached hydrogen (secondary N) is 2. The van der Waals surface area contributed by atoms with Gasteiger partial charge in [-0.2, -0.15) is 0 Å². The number of benzene rings is 1. The number of allylic oxidation sites excluding steroid dienone is 1. The van der Waals surface area contributed by atoms with Crippen LogP contribution in [0.5, 0.6) is 0 Å². The minimum Gasteiger partial charge on any atom is -0.338 e. The number of amides is 2. The van der Waals surface area contributed by atoms with Crippen LogP contribution in [0, 0.1) is 5.92 Å². The topological polar surface area (TPSA) is 41.1 Å². The SMILES string of the molecule is O=C(N/C=C/C1CC1)NCCc1ccccc1Cl. The molecule has 1 aliphatic carbocycles. The maximum Gasteiger partial charge on any atom is 0.318 e. The Bertz CT molecular complexity index is 441. The van der Waals surface area contributed by atoms with Crippen molar-refractivity contribution in [3.05, 3.63) is 47.1 Å². The third-order valence-electron chi connectivity index (χ3n) is 2.84. The zero-order chi connectivity index (χ0) is 12.8. The molecule has 0 heterocycles. The summed E-state index contributed by atoms with van der Waals surface area (Å²) in [6, 6.07) is 7.50. The van der Waals surface area contributed by atoms with E-state index in [1.165, 1.54) is 12.8 Å². The van der Waals surface area contributed by atoms with Crippen molar-refractivity contribution >= 4 is 17.6 Å². The minimum atomic E-state index is -0.168. The fraction of sp³-hybridized carbons (Fsp3) is 0.357. The summed E-state index contributed by atoms with van der Waals surface area (Å²) in [7, 11) is 0. The molecule has 1 aromatic carbocycles. The zero-order valence-electron chi connectivity index (χ0n) is 10.2. The van der Waals surface area contributed by atoms with Crippen LogP contribution in [0.4, 0.5) is 4.79 Å². The molecule has 0 bridgehead atoms. The van der Waals surface area contributed by atoms with E-state index in [0.29, 0.717) is 12.5 Å². The van der Waals surface area contributed by atoms with Crippen LogP contribution < -0.4 is 10.6 Å². The Morgan fingerprint density at radius 1 is 1.39 bits per heavy atom. The maximum atomic E-state index is 11.4. The second-order valence-electron chi connectivity index (χ2n) is 4.44. The number of hydrogen-bond donors (Lipinski definition) is 2. The number of rotatable bonds is 5. The average molecular weight is 265 g/mol. The summed E-state index contributed by atoms with van der Waals surface area (Å²) in [5, 5.41) is 6.23. The van der Waals surface area contributed by atoms with Crippen molar-refractivity contribution in [1.29, 1.82) is 0 Å². The first-order chi connectivity index (χ1) is 8.75. The van der Waals surface area contributed by atoms with Gasteiger partial charge >= 0.3 is 6.03 Å². The molecule has 0 saturated heterocycles. The first kappa shape index (κ1) is 13.0. The van der Waals surface area contributed by atoms with E-state index in [9.17, 15) is 4.79 Å². The van der Waals surface area contributed by atoms with Crippen LogP contribution >= 0.6 is 11.6 Å². The van der Waals surface area contributed by atoms with Gasteiger partial charge in [-0.25, -0.2) is 4.79 Å². The fourth-order valence-electron chi connectivity index (χ4n) is 1.61. The number of carbonyl (C=O) groups excluding carboxylic acids is 1. The van der Waals surface area contributed by atoms with E-state index in [2.05, 4.69) is 10.6 Å². The molecule has 4 heteroatoms. The van der Waals surface area contributed by atoms with Crippen molar-refractivity contribution in [1.82, 2.24) is 10.6 Å². The van der Waals surface area contributed by atoms with Crippen LogP contribution in [0.25, 0.3) is 0 Å². The highest BCUT2D eigenvalue weighted by atomic mass is 35.5. The van der Waals surface area contributed by atoms with Gasteiger partial charge in [-0.05, 0) is 36.8 Å². The molecule has 1 fully saturated rings. The summed E-state index contributed by atoms with van der Waals surface area (Å²) >= 11 is 6.03. The van der Waals surface area contributed by atoms with Gasteiger partial charge in [0.1, 0.15) is 0 Å². The molecule has 2 N–H and O–H groups in total. The van der Waals surface area contributed by atoms with Gasteiger partial charge < -0.3 is 10.6 Å². The molecular formula is C14H17ClN2O. The second kappa shape index (κ2) is 6.45. The highest BCUT2D eigenvalue weighted by Gasteiger charge is 2.16. The van der Waals surface area contributed by atoms with Gasteiger partial charge in [0.15, 0.2) is 0 Å². The highest BCUT2D eigenvalue weighted by Crippen LogP contribution is 2.29. The quantitative estimate of drug-likeness (QED) is 0.843. The molecule has 18 heavy (non-hydrogen) atoms. The molecule has 1 aromatic rings. The van der Waals surface area contributed by atoms with Crippen molar-refractivity contribution < 1.29 is 4.79 Å². The Balaban J connectivity index is 1.65. The molecule has 3 nitrogen and oxygen atoms in total. The average Bonchev–Trinajstić information content (AvgIpc) is 3.16. The largest absolute Gasteiger partial charge is 0.338 e. The van der Waals surface area contributed by atoms with Gasteiger partial charge in [-0.3, -0.25) is 0 Å². The summed E-state index contributed by atoms with van der Waals surface area (Å²) in [5.41, 5.74) is 1.05. The van der Waals surface area contributed by atoms with E-state index in [4.69, 9.17) is 11.6 Å². The van der Waals surface area contributed by atoms with Crippen molar-refractivity contribution in [2.45, 2.75) is 19.3 Å². The smallest absolute Gasteiger partial charge is 0.318 e.